The minimum atomic E-state index is -1.22. The van der Waals surface area contributed by atoms with E-state index in [1.54, 1.807) is 7.11 Å². The Balaban J connectivity index is 0.000000524. The van der Waals surface area contributed by atoms with Gasteiger partial charge in [-0.05, 0) is 78.6 Å². The van der Waals surface area contributed by atoms with Gasteiger partial charge in [0.25, 0.3) is 0 Å². The number of carbonyl (C=O) groups is 1. The first-order valence-electron chi connectivity index (χ1n) is 14.0. The number of anilines is 2. The number of carboxylic acid groups (broad SMARTS) is 1. The van der Waals surface area contributed by atoms with E-state index < -0.39 is 11.8 Å². The number of fused-ring (bicyclic) bond motifs is 1. The number of ether oxygens (including phenoxy) is 1. The van der Waals surface area contributed by atoms with E-state index >= 15 is 4.39 Å². The van der Waals surface area contributed by atoms with Gasteiger partial charge in [-0.15, -0.1) is 0 Å². The summed E-state index contributed by atoms with van der Waals surface area (Å²) in [6.07, 6.45) is 3.24. The van der Waals surface area contributed by atoms with Crippen molar-refractivity contribution >= 4 is 51.0 Å². The molecule has 0 spiro atoms. The molecular formula is C31H35FIN5O4. The van der Waals surface area contributed by atoms with Crippen LogP contribution in [0.1, 0.15) is 35.2 Å². The molecule has 1 aromatic heterocycles. The molecule has 11 heteroatoms. The molecule has 4 aromatic rings. The van der Waals surface area contributed by atoms with Crippen molar-refractivity contribution in [2.45, 2.75) is 44.9 Å². The minimum Gasteiger partial charge on any atom is -0.478 e. The predicted octanol–water partition coefficient (Wildman–Crippen LogP) is 5.88. The molecule has 2 fully saturated rings. The quantitative estimate of drug-likeness (QED) is 0.128. The van der Waals surface area contributed by atoms with Gasteiger partial charge in [-0.1, -0.05) is 30.3 Å². The Kier molecular flexibility index (Phi) is 10.1. The van der Waals surface area contributed by atoms with Crippen molar-refractivity contribution in [3.05, 3.63) is 75.1 Å². The lowest BCUT2D eigenvalue weighted by molar-refractivity contribution is 0.0213. The molecule has 9 nitrogen and oxygen atoms in total. The number of carboxylic acids is 1. The Morgan fingerprint density at radius 1 is 1.24 bits per heavy atom. The largest absolute Gasteiger partial charge is 0.478 e. The van der Waals surface area contributed by atoms with Gasteiger partial charge in [-0.3, -0.25) is 0 Å². The number of aromatic carboxylic acids is 1. The maximum atomic E-state index is 16.3. The number of hydroxylamine groups is 1. The summed E-state index contributed by atoms with van der Waals surface area (Å²) in [6.45, 7) is 4.56. The van der Waals surface area contributed by atoms with Gasteiger partial charge in [0.05, 0.1) is 36.6 Å². The van der Waals surface area contributed by atoms with Crippen molar-refractivity contribution in [1.29, 1.82) is 0 Å². The van der Waals surface area contributed by atoms with Crippen molar-refractivity contribution in [3.8, 4) is 11.4 Å². The first-order valence-corrected chi connectivity index (χ1v) is 15.1. The van der Waals surface area contributed by atoms with Crippen LogP contribution in [0.15, 0.2) is 54.6 Å². The molecule has 1 saturated heterocycles. The van der Waals surface area contributed by atoms with Crippen LogP contribution in [0, 0.1) is 16.3 Å². The van der Waals surface area contributed by atoms with Crippen molar-refractivity contribution in [1.82, 2.24) is 20.3 Å². The number of imidazole rings is 1. The highest BCUT2D eigenvalue weighted by Crippen LogP contribution is 2.35. The average Bonchev–Trinajstić information content (AvgIpc) is 3.73. The van der Waals surface area contributed by atoms with Gasteiger partial charge in [0.1, 0.15) is 11.3 Å². The van der Waals surface area contributed by atoms with Crippen molar-refractivity contribution in [2.75, 3.05) is 32.1 Å². The Morgan fingerprint density at radius 2 is 2.02 bits per heavy atom. The first-order chi connectivity index (χ1) is 20.4. The standard InChI is InChI=1S/C27H26FIN4O3.C4H9NO/c1-16-13-18(29)7-8-21(16)31-24-20(27(34)35)14-22-25(23(24)28)33(11-9-19-15-30-10-12-36-19)26(32-22)17-5-3-2-4-6-17;1-6-5-4-2-3-4/h2-8,13-14,19,30-31H,9-12,15H2,1H3,(H,34,35);4-5H,2-3H2,1H3. The SMILES string of the molecule is CONC1CC1.Cc1cc(I)ccc1Nc1c(C(=O)O)cc2nc(-c3ccccc3)n(CCC3CNCCO3)c2c1F. The Hall–Kier alpha value is -3.10. The van der Waals surface area contributed by atoms with Crippen LogP contribution >= 0.6 is 22.6 Å². The van der Waals surface area contributed by atoms with Crippen LogP contribution in [0.5, 0.6) is 0 Å². The number of hydrogen-bond acceptors (Lipinski definition) is 7. The molecule has 1 aliphatic heterocycles. The molecule has 4 N–H and O–H groups in total. The van der Waals surface area contributed by atoms with Crippen LogP contribution in [0.2, 0.25) is 0 Å². The maximum Gasteiger partial charge on any atom is 0.338 e. The van der Waals surface area contributed by atoms with Gasteiger partial charge < -0.3 is 29.9 Å². The number of hydrogen-bond donors (Lipinski definition) is 4. The number of nitrogens with one attached hydrogen (secondary N) is 3. The monoisotopic (exact) mass is 687 g/mol. The third-order valence-corrected chi connectivity index (χ3v) is 7.89. The second-order valence-electron chi connectivity index (χ2n) is 10.4. The van der Waals surface area contributed by atoms with E-state index in [4.69, 9.17) is 9.72 Å². The highest BCUT2D eigenvalue weighted by Gasteiger charge is 2.25. The molecule has 0 radical (unpaired) electrons. The fourth-order valence-corrected chi connectivity index (χ4v) is 5.56. The normalized spacial score (nSPS) is 16.6. The summed E-state index contributed by atoms with van der Waals surface area (Å²) in [4.78, 5) is 21.5. The van der Waals surface area contributed by atoms with Crippen molar-refractivity contribution in [3.63, 3.8) is 0 Å². The lowest BCUT2D eigenvalue weighted by Crippen LogP contribution is -2.39. The van der Waals surface area contributed by atoms with E-state index in [0.717, 1.165) is 27.8 Å². The zero-order valence-corrected chi connectivity index (χ0v) is 25.8. The third-order valence-electron chi connectivity index (χ3n) is 7.22. The van der Waals surface area contributed by atoms with Crippen LogP contribution in [-0.2, 0) is 16.1 Å². The highest BCUT2D eigenvalue weighted by atomic mass is 127. The Morgan fingerprint density at radius 3 is 2.64 bits per heavy atom. The number of morpholine rings is 1. The predicted molar refractivity (Wildman–Crippen MR) is 170 cm³/mol. The molecule has 1 unspecified atom stereocenters. The zero-order valence-electron chi connectivity index (χ0n) is 23.6. The lowest BCUT2D eigenvalue weighted by Gasteiger charge is -2.24. The third kappa shape index (κ3) is 7.27. The smallest absolute Gasteiger partial charge is 0.338 e. The summed E-state index contributed by atoms with van der Waals surface area (Å²) in [5.74, 6) is -1.27. The number of aryl methyl sites for hydroxylation is 2. The first kappa shape index (κ1) is 30.4. The van der Waals surface area contributed by atoms with Gasteiger partial charge in [0.15, 0.2) is 5.82 Å². The van der Waals surface area contributed by atoms with E-state index in [2.05, 4.69) is 43.5 Å². The number of aromatic nitrogens is 2. The summed E-state index contributed by atoms with van der Waals surface area (Å²) in [5, 5.41) is 16.3. The molecule has 2 aliphatic rings. The van der Waals surface area contributed by atoms with E-state index in [1.807, 2.05) is 60.0 Å². The van der Waals surface area contributed by atoms with Crippen LogP contribution in [0.3, 0.4) is 0 Å². The second-order valence-corrected chi connectivity index (χ2v) is 11.7. The number of benzene rings is 3. The lowest BCUT2D eigenvalue weighted by atomic mass is 10.1. The molecule has 1 saturated carbocycles. The molecule has 42 heavy (non-hydrogen) atoms. The van der Waals surface area contributed by atoms with Gasteiger partial charge in [0.2, 0.25) is 0 Å². The van der Waals surface area contributed by atoms with E-state index in [9.17, 15) is 9.90 Å². The molecule has 3 aromatic carbocycles. The second kappa shape index (κ2) is 13.9. The van der Waals surface area contributed by atoms with Crippen LogP contribution in [0.4, 0.5) is 15.8 Å². The fraction of sp³-hybridized carbons (Fsp3) is 0.355. The van der Waals surface area contributed by atoms with Crippen LogP contribution < -0.4 is 16.1 Å². The molecular weight excluding hydrogens is 652 g/mol. The molecule has 0 amide bonds. The topological polar surface area (TPSA) is 110 Å². The summed E-state index contributed by atoms with van der Waals surface area (Å²) in [6, 6.07) is 17.3. The minimum absolute atomic E-state index is 0.00761. The molecule has 222 valence electrons. The van der Waals surface area contributed by atoms with E-state index in [1.165, 1.54) is 18.9 Å². The maximum absolute atomic E-state index is 16.3. The fourth-order valence-electron chi connectivity index (χ4n) is 4.91. The number of rotatable bonds is 9. The molecule has 1 atom stereocenters. The summed E-state index contributed by atoms with van der Waals surface area (Å²) in [5.41, 5.74) is 5.52. The molecule has 6 rings (SSSR count). The van der Waals surface area contributed by atoms with Gasteiger partial charge in [-0.2, -0.15) is 5.48 Å². The summed E-state index contributed by atoms with van der Waals surface area (Å²) < 4.78 is 25.0. The van der Waals surface area contributed by atoms with Crippen molar-refractivity contribution < 1.29 is 23.9 Å². The number of nitrogens with zero attached hydrogens (tertiary/aromatic N) is 2. The Labute approximate surface area is 257 Å². The molecule has 1 aliphatic carbocycles. The number of halogens is 2. The zero-order chi connectivity index (χ0) is 29.6. The van der Waals surface area contributed by atoms with Crippen LogP contribution in [-0.4, -0.2) is 59.6 Å². The summed E-state index contributed by atoms with van der Waals surface area (Å²) >= 11 is 2.21. The van der Waals surface area contributed by atoms with E-state index in [0.29, 0.717) is 42.6 Å². The molecule has 2 heterocycles. The summed E-state index contributed by atoms with van der Waals surface area (Å²) in [7, 11) is 1.65. The van der Waals surface area contributed by atoms with Gasteiger partial charge >= 0.3 is 5.97 Å². The van der Waals surface area contributed by atoms with Crippen molar-refractivity contribution in [2.24, 2.45) is 0 Å². The van der Waals surface area contributed by atoms with Crippen LogP contribution in [0.25, 0.3) is 22.4 Å². The van der Waals surface area contributed by atoms with Gasteiger partial charge in [-0.25, -0.2) is 14.2 Å². The Bertz CT molecular complexity index is 1540. The molecule has 0 bridgehead atoms. The van der Waals surface area contributed by atoms with E-state index in [-0.39, 0.29) is 22.9 Å². The van der Waals surface area contributed by atoms with Gasteiger partial charge in [0, 0.05) is 40.5 Å². The highest BCUT2D eigenvalue weighted by molar-refractivity contribution is 14.1. The average molecular weight is 688 g/mol.